The Balaban J connectivity index is 0.000000921. The van der Waals surface area contributed by atoms with Crippen LogP contribution < -0.4 is 0 Å². The van der Waals surface area contributed by atoms with Crippen molar-refractivity contribution < 1.29 is 9.59 Å². The topological polar surface area (TPSA) is 58.9 Å². The number of hydrogen-bond donors (Lipinski definition) is 0. The van der Waals surface area contributed by atoms with E-state index in [1.807, 2.05) is 13.8 Å². The van der Waals surface area contributed by atoms with Crippen molar-refractivity contribution in [3.05, 3.63) is 22.7 Å². The molecule has 0 N–H and O–H groups in total. The van der Waals surface area contributed by atoms with E-state index in [1.165, 1.54) is 18.2 Å². The van der Waals surface area contributed by atoms with Crippen LogP contribution in [0.3, 0.4) is 0 Å². The van der Waals surface area contributed by atoms with Crippen molar-refractivity contribution in [2.75, 3.05) is 0 Å². The molecule has 5 heteroatoms. The van der Waals surface area contributed by atoms with Gasteiger partial charge in [-0.15, -0.1) is 0 Å². The zero-order valence-corrected chi connectivity index (χ0v) is 9.91. The molecule has 1 aromatic rings. The minimum atomic E-state index is 0.381. The van der Waals surface area contributed by atoms with Crippen molar-refractivity contribution in [3.8, 4) is 0 Å². The monoisotopic (exact) mass is 268 g/mol. The fraction of sp³-hybridized carbons (Fsp3) is 0.200. The van der Waals surface area contributed by atoms with Gasteiger partial charge in [-0.1, -0.05) is 13.8 Å². The summed E-state index contributed by atoms with van der Waals surface area (Å²) in [4.78, 5) is 26.7. The first-order valence-electron chi connectivity index (χ1n) is 4.23. The largest absolute Gasteiger partial charge is 0.240 e. The second-order valence-corrected chi connectivity index (χ2v) is 2.90. The molecule has 0 aliphatic rings. The van der Waals surface area contributed by atoms with Crippen LogP contribution in [0.1, 0.15) is 13.8 Å². The van der Waals surface area contributed by atoms with E-state index in [2.05, 4.69) is 25.9 Å². The first kappa shape index (κ1) is 13.5. The molecule has 0 saturated heterocycles. The molecule has 0 bridgehead atoms. The summed E-state index contributed by atoms with van der Waals surface area (Å²) in [6.45, 7) is 4.00. The van der Waals surface area contributed by atoms with Crippen LogP contribution in [0, 0.1) is 0 Å². The van der Waals surface area contributed by atoms with Gasteiger partial charge in [-0.3, -0.25) is 0 Å². The van der Waals surface area contributed by atoms with Crippen molar-refractivity contribution >= 4 is 39.5 Å². The van der Waals surface area contributed by atoms with Crippen LogP contribution in [-0.4, -0.2) is 12.2 Å². The molecule has 0 amide bonds. The number of rotatable bonds is 2. The summed E-state index contributed by atoms with van der Waals surface area (Å²) in [5.41, 5.74) is 0.777. The van der Waals surface area contributed by atoms with Crippen molar-refractivity contribution in [2.45, 2.75) is 13.8 Å². The van der Waals surface area contributed by atoms with Crippen molar-refractivity contribution in [3.63, 3.8) is 0 Å². The molecule has 0 radical (unpaired) electrons. The molecule has 0 aliphatic carbocycles. The maximum absolute atomic E-state index is 9.98. The lowest BCUT2D eigenvalue weighted by Gasteiger charge is -1.95. The van der Waals surface area contributed by atoms with Crippen molar-refractivity contribution in [1.82, 2.24) is 0 Å². The highest BCUT2D eigenvalue weighted by molar-refractivity contribution is 9.10. The minimum Gasteiger partial charge on any atom is -0.211 e. The predicted molar refractivity (Wildman–Crippen MR) is 61.1 cm³/mol. The summed E-state index contributed by atoms with van der Waals surface area (Å²) >= 11 is 3.17. The normalized spacial score (nSPS) is 7.67. The van der Waals surface area contributed by atoms with E-state index >= 15 is 0 Å². The number of nitrogens with zero attached hydrogens (tertiary/aromatic N) is 2. The molecule has 1 rings (SSSR count). The fourth-order valence-corrected chi connectivity index (χ4v) is 1.09. The number of carbonyl (C=O) groups excluding carboxylic acids is 2. The summed E-state index contributed by atoms with van der Waals surface area (Å²) in [7, 11) is 0. The Morgan fingerprint density at radius 3 is 2.27 bits per heavy atom. The van der Waals surface area contributed by atoms with E-state index in [1.54, 1.807) is 12.1 Å². The molecule has 0 heterocycles. The van der Waals surface area contributed by atoms with Gasteiger partial charge < -0.3 is 0 Å². The SMILES string of the molecule is CC.O=C=Nc1ccc(Br)c(N=C=O)c1. The zero-order valence-electron chi connectivity index (χ0n) is 8.32. The first-order valence-corrected chi connectivity index (χ1v) is 5.02. The van der Waals surface area contributed by atoms with Gasteiger partial charge in [0.2, 0.25) is 12.2 Å². The number of halogens is 1. The Morgan fingerprint density at radius 2 is 1.73 bits per heavy atom. The van der Waals surface area contributed by atoms with E-state index < -0.39 is 0 Å². The van der Waals surface area contributed by atoms with Gasteiger partial charge in [-0.2, -0.15) is 9.98 Å². The number of hydrogen-bond acceptors (Lipinski definition) is 4. The Bertz CT molecular complexity index is 419. The fourth-order valence-electron chi connectivity index (χ4n) is 0.758. The highest BCUT2D eigenvalue weighted by Gasteiger charge is 1.98. The zero-order chi connectivity index (χ0) is 11.7. The maximum Gasteiger partial charge on any atom is 0.240 e. The summed E-state index contributed by atoms with van der Waals surface area (Å²) in [6, 6.07) is 4.70. The Hall–Kier alpha value is -1.54. The average Bonchev–Trinajstić information content (AvgIpc) is 2.27. The number of aliphatic imine (C=N–C) groups is 2. The first-order chi connectivity index (χ1) is 7.27. The van der Waals surface area contributed by atoms with Crippen LogP contribution in [0.5, 0.6) is 0 Å². The molecule has 0 atom stereocenters. The molecule has 0 fully saturated rings. The van der Waals surface area contributed by atoms with Gasteiger partial charge in [0.1, 0.15) is 0 Å². The summed E-state index contributed by atoms with van der Waals surface area (Å²) in [5, 5.41) is 0. The van der Waals surface area contributed by atoms with Crippen LogP contribution in [-0.2, 0) is 9.59 Å². The van der Waals surface area contributed by atoms with Gasteiger partial charge in [0.15, 0.2) is 0 Å². The van der Waals surface area contributed by atoms with Crippen molar-refractivity contribution in [1.29, 1.82) is 0 Å². The lowest BCUT2D eigenvalue weighted by molar-refractivity contribution is 0.565. The highest BCUT2D eigenvalue weighted by atomic mass is 79.9. The number of benzene rings is 1. The van der Waals surface area contributed by atoms with Gasteiger partial charge in [-0.05, 0) is 34.1 Å². The van der Waals surface area contributed by atoms with E-state index in [0.29, 0.717) is 15.8 Å². The molecule has 0 spiro atoms. The molecule has 4 nitrogen and oxygen atoms in total. The Morgan fingerprint density at radius 1 is 1.13 bits per heavy atom. The van der Waals surface area contributed by atoms with Crippen LogP contribution >= 0.6 is 15.9 Å². The lowest BCUT2D eigenvalue weighted by atomic mass is 10.3. The van der Waals surface area contributed by atoms with E-state index in [4.69, 9.17) is 0 Å². The third kappa shape index (κ3) is 4.47. The molecule has 0 unspecified atom stereocenters. The molecular formula is C10H9BrN2O2. The van der Waals surface area contributed by atoms with E-state index in [0.717, 1.165) is 0 Å². The highest BCUT2D eigenvalue weighted by Crippen LogP contribution is 2.29. The molecule has 0 saturated carbocycles. The molecular weight excluding hydrogens is 260 g/mol. The predicted octanol–water partition coefficient (Wildman–Crippen LogP) is 3.41. The Kier molecular flexibility index (Phi) is 7.02. The van der Waals surface area contributed by atoms with Crippen LogP contribution in [0.25, 0.3) is 0 Å². The summed E-state index contributed by atoms with van der Waals surface area (Å²) in [5.74, 6) is 0. The molecule has 1 aromatic carbocycles. The average molecular weight is 269 g/mol. The van der Waals surface area contributed by atoms with E-state index in [-0.39, 0.29) is 0 Å². The van der Waals surface area contributed by atoms with Gasteiger partial charge in [0.05, 0.1) is 11.4 Å². The summed E-state index contributed by atoms with van der Waals surface area (Å²) < 4.78 is 0.640. The third-order valence-corrected chi connectivity index (χ3v) is 1.94. The molecule has 78 valence electrons. The second kappa shape index (κ2) is 7.83. The quantitative estimate of drug-likeness (QED) is 0.610. The Labute approximate surface area is 95.9 Å². The van der Waals surface area contributed by atoms with Crippen LogP contribution in [0.15, 0.2) is 32.7 Å². The summed E-state index contributed by atoms with van der Waals surface area (Å²) in [6.07, 6.45) is 2.79. The minimum absolute atomic E-state index is 0.381. The maximum atomic E-state index is 9.98. The molecule has 0 aromatic heterocycles. The van der Waals surface area contributed by atoms with Gasteiger partial charge in [-0.25, -0.2) is 9.59 Å². The van der Waals surface area contributed by atoms with E-state index in [9.17, 15) is 9.59 Å². The molecule has 0 aliphatic heterocycles. The van der Waals surface area contributed by atoms with Crippen LogP contribution in [0.2, 0.25) is 0 Å². The van der Waals surface area contributed by atoms with Crippen molar-refractivity contribution in [2.24, 2.45) is 9.98 Å². The van der Waals surface area contributed by atoms with Crippen LogP contribution in [0.4, 0.5) is 11.4 Å². The third-order valence-electron chi connectivity index (χ3n) is 1.27. The smallest absolute Gasteiger partial charge is 0.211 e. The molecule has 15 heavy (non-hydrogen) atoms. The second-order valence-electron chi connectivity index (χ2n) is 2.04. The lowest BCUT2D eigenvalue weighted by Crippen LogP contribution is -1.69. The standard InChI is InChI=1S/C8H3BrN2O2.C2H6/c9-7-2-1-6(10-4-12)3-8(7)11-5-13;1-2/h1-3H;1-2H3. The van der Waals surface area contributed by atoms with Gasteiger partial charge in [0.25, 0.3) is 0 Å². The van der Waals surface area contributed by atoms with Gasteiger partial charge in [0, 0.05) is 4.47 Å². The van der Waals surface area contributed by atoms with Gasteiger partial charge >= 0.3 is 0 Å². The number of isocyanates is 2.